The molecule has 1 atom stereocenters. The van der Waals surface area contributed by atoms with Crippen molar-refractivity contribution in [3.63, 3.8) is 0 Å². The number of likely N-dealkylation sites (N-methyl/N-ethyl adjacent to an activating group) is 1. The average Bonchev–Trinajstić information content (AvgIpc) is 2.43. The molecule has 0 bridgehead atoms. The molecule has 0 saturated heterocycles. The summed E-state index contributed by atoms with van der Waals surface area (Å²) in [6.07, 6.45) is 0.730. The van der Waals surface area contributed by atoms with E-state index in [2.05, 4.69) is 5.32 Å². The predicted octanol–water partition coefficient (Wildman–Crippen LogP) is 6.19. The minimum Gasteiger partial charge on any atom is -0.310 e. The minimum absolute atomic E-state index is 0.0217. The zero-order valence-electron chi connectivity index (χ0n) is 11.5. The summed E-state index contributed by atoms with van der Waals surface area (Å²) in [5.41, 5.74) is 1.99. The molecular formula is C16H15Cl4N. The van der Waals surface area contributed by atoms with Crippen LogP contribution in [-0.4, -0.2) is 6.54 Å². The van der Waals surface area contributed by atoms with Crippen molar-refractivity contribution in [1.29, 1.82) is 0 Å². The Hall–Kier alpha value is -0.440. The molecule has 0 saturated carbocycles. The van der Waals surface area contributed by atoms with E-state index in [-0.39, 0.29) is 6.04 Å². The van der Waals surface area contributed by atoms with Gasteiger partial charge in [-0.2, -0.15) is 0 Å². The highest BCUT2D eigenvalue weighted by atomic mass is 35.5. The van der Waals surface area contributed by atoms with Crippen LogP contribution in [-0.2, 0) is 6.42 Å². The Morgan fingerprint density at radius 2 is 1.57 bits per heavy atom. The van der Waals surface area contributed by atoms with Crippen LogP contribution in [0.4, 0.5) is 0 Å². The summed E-state index contributed by atoms with van der Waals surface area (Å²) in [5.74, 6) is 0. The molecule has 112 valence electrons. The van der Waals surface area contributed by atoms with Crippen molar-refractivity contribution in [2.24, 2.45) is 0 Å². The fraction of sp³-hybridized carbons (Fsp3) is 0.250. The van der Waals surface area contributed by atoms with Gasteiger partial charge >= 0.3 is 0 Å². The van der Waals surface area contributed by atoms with Crippen LogP contribution in [0.5, 0.6) is 0 Å². The normalized spacial score (nSPS) is 12.4. The maximum absolute atomic E-state index is 6.31. The van der Waals surface area contributed by atoms with Gasteiger partial charge in [0, 0.05) is 21.7 Å². The van der Waals surface area contributed by atoms with Crippen molar-refractivity contribution in [3.05, 3.63) is 67.6 Å². The van der Waals surface area contributed by atoms with E-state index >= 15 is 0 Å². The van der Waals surface area contributed by atoms with Gasteiger partial charge in [-0.15, -0.1) is 0 Å². The van der Waals surface area contributed by atoms with E-state index in [1.807, 2.05) is 37.3 Å². The number of rotatable bonds is 5. The largest absolute Gasteiger partial charge is 0.310 e. The van der Waals surface area contributed by atoms with Crippen LogP contribution in [0.15, 0.2) is 36.4 Å². The van der Waals surface area contributed by atoms with Crippen molar-refractivity contribution in [1.82, 2.24) is 5.32 Å². The summed E-state index contributed by atoms with van der Waals surface area (Å²) in [6.45, 7) is 2.86. The maximum atomic E-state index is 6.31. The molecule has 1 unspecified atom stereocenters. The highest BCUT2D eigenvalue weighted by Gasteiger charge is 2.18. The summed E-state index contributed by atoms with van der Waals surface area (Å²) in [7, 11) is 0. The van der Waals surface area contributed by atoms with Gasteiger partial charge in [0.15, 0.2) is 0 Å². The Morgan fingerprint density at radius 3 is 2.14 bits per heavy atom. The Balaban J connectivity index is 2.33. The number of benzene rings is 2. The van der Waals surface area contributed by atoms with Gasteiger partial charge in [-0.25, -0.2) is 0 Å². The molecule has 2 rings (SSSR count). The third kappa shape index (κ3) is 4.28. The van der Waals surface area contributed by atoms with E-state index in [9.17, 15) is 0 Å². The molecule has 0 amide bonds. The first-order chi connectivity index (χ1) is 10.0. The number of hydrogen-bond donors (Lipinski definition) is 1. The molecule has 0 radical (unpaired) electrons. The van der Waals surface area contributed by atoms with Gasteiger partial charge in [-0.05, 0) is 42.8 Å². The van der Waals surface area contributed by atoms with Crippen LogP contribution >= 0.6 is 46.4 Å². The van der Waals surface area contributed by atoms with Gasteiger partial charge in [-0.1, -0.05) is 65.5 Å². The lowest BCUT2D eigenvalue weighted by Gasteiger charge is -2.21. The Kier molecular flexibility index (Phi) is 6.21. The van der Waals surface area contributed by atoms with E-state index in [0.29, 0.717) is 20.1 Å². The monoisotopic (exact) mass is 361 g/mol. The number of hydrogen-bond acceptors (Lipinski definition) is 1. The van der Waals surface area contributed by atoms with Crippen LogP contribution in [0.25, 0.3) is 0 Å². The molecule has 0 spiro atoms. The summed E-state index contributed by atoms with van der Waals surface area (Å²) in [6, 6.07) is 11.2. The highest BCUT2D eigenvalue weighted by molar-refractivity contribution is 6.42. The molecule has 0 aliphatic heterocycles. The number of nitrogens with one attached hydrogen (secondary N) is 1. The van der Waals surface area contributed by atoms with Gasteiger partial charge in [0.25, 0.3) is 0 Å². The molecule has 5 heteroatoms. The van der Waals surface area contributed by atoms with Crippen LogP contribution in [0.2, 0.25) is 20.1 Å². The topological polar surface area (TPSA) is 12.0 Å². The molecule has 21 heavy (non-hydrogen) atoms. The Labute approximate surface area is 145 Å². The second-order valence-electron chi connectivity index (χ2n) is 4.70. The summed E-state index contributed by atoms with van der Waals surface area (Å²) in [4.78, 5) is 0. The molecule has 1 N–H and O–H groups in total. The standard InChI is InChI=1S/C16H15Cl4N/c1-2-21-15(16-12(18)4-3-5-13(16)19)9-10-6-7-11(17)14(20)8-10/h3-8,15,21H,2,9H2,1H3. The van der Waals surface area contributed by atoms with Crippen LogP contribution in [0.1, 0.15) is 24.1 Å². The molecule has 2 aromatic rings. The van der Waals surface area contributed by atoms with E-state index in [0.717, 1.165) is 24.1 Å². The third-order valence-corrected chi connectivity index (χ3v) is 4.62. The van der Waals surface area contributed by atoms with Crippen molar-refractivity contribution >= 4 is 46.4 Å². The van der Waals surface area contributed by atoms with Gasteiger partial charge < -0.3 is 5.32 Å². The van der Waals surface area contributed by atoms with Gasteiger partial charge in [0.05, 0.1) is 10.0 Å². The van der Waals surface area contributed by atoms with E-state index in [1.54, 1.807) is 6.07 Å². The lowest BCUT2D eigenvalue weighted by atomic mass is 9.98. The summed E-state index contributed by atoms with van der Waals surface area (Å²) in [5, 5.41) is 5.84. The zero-order valence-corrected chi connectivity index (χ0v) is 14.5. The Morgan fingerprint density at radius 1 is 0.905 bits per heavy atom. The first-order valence-corrected chi connectivity index (χ1v) is 8.15. The quantitative estimate of drug-likeness (QED) is 0.668. The van der Waals surface area contributed by atoms with Crippen molar-refractivity contribution < 1.29 is 0 Å². The highest BCUT2D eigenvalue weighted by Crippen LogP contribution is 2.33. The molecule has 0 aliphatic carbocycles. The molecule has 0 heterocycles. The fourth-order valence-electron chi connectivity index (χ4n) is 2.27. The second-order valence-corrected chi connectivity index (χ2v) is 6.33. The van der Waals surface area contributed by atoms with E-state index in [4.69, 9.17) is 46.4 Å². The predicted molar refractivity (Wildman–Crippen MR) is 93.0 cm³/mol. The molecule has 0 fully saturated rings. The van der Waals surface area contributed by atoms with Crippen LogP contribution in [0.3, 0.4) is 0 Å². The summed E-state index contributed by atoms with van der Waals surface area (Å²) < 4.78 is 0. The molecule has 0 aliphatic rings. The number of halogens is 4. The third-order valence-electron chi connectivity index (χ3n) is 3.22. The van der Waals surface area contributed by atoms with Crippen LogP contribution < -0.4 is 5.32 Å². The van der Waals surface area contributed by atoms with Gasteiger partial charge in [-0.3, -0.25) is 0 Å². The molecule has 1 nitrogen and oxygen atoms in total. The zero-order chi connectivity index (χ0) is 15.4. The van der Waals surface area contributed by atoms with E-state index in [1.165, 1.54) is 0 Å². The minimum atomic E-state index is 0.0217. The molecule has 2 aromatic carbocycles. The van der Waals surface area contributed by atoms with Crippen molar-refractivity contribution in [2.75, 3.05) is 6.54 Å². The molecular weight excluding hydrogens is 348 g/mol. The second kappa shape index (κ2) is 7.71. The summed E-state index contributed by atoms with van der Waals surface area (Å²) >= 11 is 24.7. The lowest BCUT2D eigenvalue weighted by molar-refractivity contribution is 0.550. The van der Waals surface area contributed by atoms with Crippen molar-refractivity contribution in [2.45, 2.75) is 19.4 Å². The van der Waals surface area contributed by atoms with E-state index < -0.39 is 0 Å². The lowest BCUT2D eigenvalue weighted by Crippen LogP contribution is -2.23. The van der Waals surface area contributed by atoms with Crippen molar-refractivity contribution in [3.8, 4) is 0 Å². The maximum Gasteiger partial charge on any atom is 0.0595 e. The van der Waals surface area contributed by atoms with Crippen LogP contribution in [0, 0.1) is 0 Å². The average molecular weight is 363 g/mol. The first kappa shape index (κ1) is 16.9. The SMILES string of the molecule is CCNC(Cc1ccc(Cl)c(Cl)c1)c1c(Cl)cccc1Cl. The first-order valence-electron chi connectivity index (χ1n) is 6.64. The van der Waals surface area contributed by atoms with Gasteiger partial charge in [0.1, 0.15) is 0 Å². The Bertz CT molecular complexity index is 607. The fourth-order valence-corrected chi connectivity index (χ4v) is 3.25. The van der Waals surface area contributed by atoms with Gasteiger partial charge in [0.2, 0.25) is 0 Å². The molecule has 0 aromatic heterocycles. The smallest absolute Gasteiger partial charge is 0.0595 e.